The summed E-state index contributed by atoms with van der Waals surface area (Å²) in [6.45, 7) is 4.35. The lowest BCUT2D eigenvalue weighted by molar-refractivity contribution is -0.384. The molecule has 0 fully saturated rings. The van der Waals surface area contributed by atoms with E-state index < -0.39 is 10.8 Å². The third-order valence-electron chi connectivity index (χ3n) is 5.55. The summed E-state index contributed by atoms with van der Waals surface area (Å²) < 4.78 is 5.91. The number of nitrogens with zero attached hydrogens (tertiary/aromatic N) is 2. The first kappa shape index (κ1) is 23.1. The molecule has 9 heteroatoms. The molecule has 1 aromatic heterocycles. The molecule has 4 aromatic rings. The van der Waals surface area contributed by atoms with Crippen LogP contribution in [0.25, 0.3) is 22.6 Å². The molecule has 2 N–H and O–H groups in total. The maximum atomic E-state index is 12.3. The predicted octanol–water partition coefficient (Wildman–Crippen LogP) is 6.04. The lowest BCUT2D eigenvalue weighted by Crippen LogP contribution is -2.34. The predicted molar refractivity (Wildman–Crippen MR) is 135 cm³/mol. The van der Waals surface area contributed by atoms with Crippen LogP contribution in [0, 0.1) is 10.1 Å². The molecule has 0 radical (unpaired) electrons. The van der Waals surface area contributed by atoms with Crippen molar-refractivity contribution in [3.05, 3.63) is 88.0 Å². The molecule has 1 unspecified atom stereocenters. The SMILES string of the molecule is CCC(C)c1ccc2oc(-c3ccc(NC(=S)NC(=O)c4ccc([N+](=O)[O-])cc4)cc3)nc2c1. The topological polar surface area (TPSA) is 110 Å². The van der Waals surface area contributed by atoms with Crippen LogP contribution in [-0.4, -0.2) is 20.9 Å². The fraction of sp³-hybridized carbons (Fsp3) is 0.160. The number of aromatic nitrogens is 1. The summed E-state index contributed by atoms with van der Waals surface area (Å²) in [7, 11) is 0. The first-order valence-corrected chi connectivity index (χ1v) is 11.1. The second-order valence-electron chi connectivity index (χ2n) is 7.85. The smallest absolute Gasteiger partial charge is 0.269 e. The average Bonchev–Trinajstić information content (AvgIpc) is 3.27. The van der Waals surface area contributed by atoms with Crippen molar-refractivity contribution in [3.8, 4) is 11.5 Å². The van der Waals surface area contributed by atoms with Crippen LogP contribution in [0.4, 0.5) is 11.4 Å². The normalized spacial score (nSPS) is 11.7. The van der Waals surface area contributed by atoms with Crippen LogP contribution in [0.3, 0.4) is 0 Å². The van der Waals surface area contributed by atoms with Crippen LogP contribution in [-0.2, 0) is 0 Å². The number of nitro benzene ring substituents is 1. The van der Waals surface area contributed by atoms with Gasteiger partial charge in [0.1, 0.15) is 5.52 Å². The summed E-state index contributed by atoms with van der Waals surface area (Å²) in [6.07, 6.45) is 1.06. The van der Waals surface area contributed by atoms with Gasteiger partial charge in [-0.05, 0) is 78.7 Å². The van der Waals surface area contributed by atoms with E-state index in [1.807, 2.05) is 18.2 Å². The molecule has 0 spiro atoms. The molecule has 1 atom stereocenters. The monoisotopic (exact) mass is 474 g/mol. The molecule has 0 saturated heterocycles. The maximum absolute atomic E-state index is 12.3. The average molecular weight is 475 g/mol. The standard InChI is InChI=1S/C25H22N4O4S/c1-3-15(2)18-8-13-22-21(14-18)27-24(33-22)17-4-9-19(10-5-17)26-25(34)28-23(30)16-6-11-20(12-7-16)29(31)32/h4-15H,3H2,1-2H3,(H2,26,28,30,34). The van der Waals surface area contributed by atoms with Gasteiger partial charge in [-0.25, -0.2) is 4.98 Å². The molecule has 34 heavy (non-hydrogen) atoms. The van der Waals surface area contributed by atoms with Gasteiger partial charge in [0, 0.05) is 28.9 Å². The van der Waals surface area contributed by atoms with Crippen LogP contribution in [0.5, 0.6) is 0 Å². The van der Waals surface area contributed by atoms with Gasteiger partial charge < -0.3 is 9.73 Å². The van der Waals surface area contributed by atoms with Gasteiger partial charge in [0.2, 0.25) is 5.89 Å². The number of fused-ring (bicyclic) bond motifs is 1. The van der Waals surface area contributed by atoms with Gasteiger partial charge in [0.15, 0.2) is 10.7 Å². The summed E-state index contributed by atoms with van der Waals surface area (Å²) >= 11 is 5.21. The Kier molecular flexibility index (Phi) is 6.65. The molecule has 0 saturated carbocycles. The van der Waals surface area contributed by atoms with Gasteiger partial charge in [0.25, 0.3) is 11.6 Å². The number of carbonyl (C=O) groups is 1. The summed E-state index contributed by atoms with van der Waals surface area (Å²) in [6, 6.07) is 18.7. The Morgan fingerprint density at radius 2 is 1.82 bits per heavy atom. The van der Waals surface area contributed by atoms with E-state index in [-0.39, 0.29) is 16.4 Å². The third-order valence-corrected chi connectivity index (χ3v) is 5.75. The number of rotatable bonds is 6. The fourth-order valence-electron chi connectivity index (χ4n) is 3.38. The van der Waals surface area contributed by atoms with Crippen LogP contribution < -0.4 is 10.6 Å². The van der Waals surface area contributed by atoms with E-state index in [0.29, 0.717) is 17.5 Å². The lowest BCUT2D eigenvalue weighted by atomic mass is 9.98. The lowest BCUT2D eigenvalue weighted by Gasteiger charge is -2.10. The molecule has 8 nitrogen and oxygen atoms in total. The van der Waals surface area contributed by atoms with Crippen LogP contribution in [0.2, 0.25) is 0 Å². The number of nitro groups is 1. The van der Waals surface area contributed by atoms with Crippen molar-refractivity contribution in [3.63, 3.8) is 0 Å². The van der Waals surface area contributed by atoms with Crippen LogP contribution in [0.15, 0.2) is 71.1 Å². The Morgan fingerprint density at radius 1 is 1.12 bits per heavy atom. The molecule has 3 aromatic carbocycles. The highest BCUT2D eigenvalue weighted by Gasteiger charge is 2.13. The number of oxazole rings is 1. The number of benzene rings is 3. The van der Waals surface area contributed by atoms with Crippen molar-refractivity contribution in [2.75, 3.05) is 5.32 Å². The van der Waals surface area contributed by atoms with Crippen molar-refractivity contribution in [2.24, 2.45) is 0 Å². The minimum absolute atomic E-state index is 0.0905. The van der Waals surface area contributed by atoms with Gasteiger partial charge in [0.05, 0.1) is 4.92 Å². The Bertz CT molecular complexity index is 1360. The van der Waals surface area contributed by atoms with Crippen molar-refractivity contribution >= 4 is 45.7 Å². The third kappa shape index (κ3) is 5.10. The first-order chi connectivity index (χ1) is 16.3. The Hall–Kier alpha value is -4.11. The summed E-state index contributed by atoms with van der Waals surface area (Å²) in [5.41, 5.74) is 4.45. The number of hydrogen-bond acceptors (Lipinski definition) is 6. The van der Waals surface area contributed by atoms with Crippen molar-refractivity contribution in [1.29, 1.82) is 0 Å². The molecule has 0 bridgehead atoms. The fourth-order valence-corrected chi connectivity index (χ4v) is 3.59. The molecular weight excluding hydrogens is 452 g/mol. The number of thiocarbonyl (C=S) groups is 1. The molecule has 1 amide bonds. The largest absolute Gasteiger partial charge is 0.436 e. The number of anilines is 1. The molecule has 0 aliphatic rings. The van der Waals surface area contributed by atoms with E-state index in [2.05, 4.69) is 41.6 Å². The minimum atomic E-state index is -0.525. The van der Waals surface area contributed by atoms with E-state index in [0.717, 1.165) is 23.1 Å². The zero-order valence-corrected chi connectivity index (χ0v) is 19.4. The molecule has 0 aliphatic heterocycles. The molecule has 4 rings (SSSR count). The van der Waals surface area contributed by atoms with Gasteiger partial charge >= 0.3 is 0 Å². The molecule has 1 heterocycles. The van der Waals surface area contributed by atoms with Gasteiger partial charge in [-0.1, -0.05) is 19.9 Å². The molecular formula is C25H22N4O4S. The van der Waals surface area contributed by atoms with E-state index in [1.165, 1.54) is 29.8 Å². The van der Waals surface area contributed by atoms with E-state index >= 15 is 0 Å². The van der Waals surface area contributed by atoms with Gasteiger partial charge in [-0.2, -0.15) is 0 Å². The zero-order chi connectivity index (χ0) is 24.2. The second kappa shape index (κ2) is 9.80. The van der Waals surface area contributed by atoms with E-state index in [1.54, 1.807) is 12.1 Å². The summed E-state index contributed by atoms with van der Waals surface area (Å²) in [4.78, 5) is 27.1. The summed E-state index contributed by atoms with van der Waals surface area (Å²) in [5.74, 6) is 0.517. The first-order valence-electron chi connectivity index (χ1n) is 10.7. The van der Waals surface area contributed by atoms with Gasteiger partial charge in [-0.15, -0.1) is 0 Å². The second-order valence-corrected chi connectivity index (χ2v) is 8.25. The molecule has 0 aliphatic carbocycles. The van der Waals surface area contributed by atoms with Crippen molar-refractivity contribution < 1.29 is 14.1 Å². The quantitative estimate of drug-likeness (QED) is 0.199. The number of non-ortho nitro benzene ring substituents is 1. The molecule has 172 valence electrons. The number of hydrogen-bond donors (Lipinski definition) is 2. The Balaban J connectivity index is 1.40. The zero-order valence-electron chi connectivity index (χ0n) is 18.6. The van der Waals surface area contributed by atoms with Crippen molar-refractivity contribution in [1.82, 2.24) is 10.3 Å². The van der Waals surface area contributed by atoms with E-state index in [9.17, 15) is 14.9 Å². The Morgan fingerprint density at radius 3 is 2.47 bits per heavy atom. The summed E-state index contributed by atoms with van der Waals surface area (Å²) in [5, 5.41) is 16.3. The number of nitrogens with one attached hydrogen (secondary N) is 2. The maximum Gasteiger partial charge on any atom is 0.269 e. The van der Waals surface area contributed by atoms with Crippen LogP contribution in [0.1, 0.15) is 42.1 Å². The highest BCUT2D eigenvalue weighted by molar-refractivity contribution is 7.80. The van der Waals surface area contributed by atoms with E-state index in [4.69, 9.17) is 16.6 Å². The number of amides is 1. The Labute approximate surface area is 201 Å². The van der Waals surface area contributed by atoms with Gasteiger partial charge in [-0.3, -0.25) is 20.2 Å². The highest BCUT2D eigenvalue weighted by atomic mass is 32.1. The minimum Gasteiger partial charge on any atom is -0.436 e. The number of carbonyl (C=O) groups excluding carboxylic acids is 1. The highest BCUT2D eigenvalue weighted by Crippen LogP contribution is 2.28. The van der Waals surface area contributed by atoms with Crippen molar-refractivity contribution in [2.45, 2.75) is 26.2 Å². The van der Waals surface area contributed by atoms with Crippen LogP contribution >= 0.6 is 12.2 Å².